The van der Waals surface area contributed by atoms with Gasteiger partial charge in [-0.1, -0.05) is 29.8 Å². The van der Waals surface area contributed by atoms with E-state index >= 15 is 0 Å². The molecule has 136 valence electrons. The van der Waals surface area contributed by atoms with E-state index in [2.05, 4.69) is 22.0 Å². The van der Waals surface area contributed by atoms with Gasteiger partial charge in [0.25, 0.3) is 5.56 Å². The second-order valence-electron chi connectivity index (χ2n) is 6.53. The van der Waals surface area contributed by atoms with Crippen molar-refractivity contribution in [2.24, 2.45) is 4.99 Å². The molecule has 4 rings (SSSR count). The first kappa shape index (κ1) is 17.0. The Hall–Kier alpha value is -3.41. The second-order valence-corrected chi connectivity index (χ2v) is 6.53. The van der Waals surface area contributed by atoms with Crippen molar-refractivity contribution < 1.29 is 0 Å². The number of rotatable bonds is 4. The molecular weight excluding hydrogens is 338 g/mol. The van der Waals surface area contributed by atoms with Crippen LogP contribution in [0.2, 0.25) is 0 Å². The molecule has 6 nitrogen and oxygen atoms in total. The summed E-state index contributed by atoms with van der Waals surface area (Å²) < 4.78 is 3.57. The van der Waals surface area contributed by atoms with Crippen LogP contribution in [0.15, 0.2) is 58.3 Å². The van der Waals surface area contributed by atoms with E-state index < -0.39 is 0 Å². The highest BCUT2D eigenvalue weighted by molar-refractivity contribution is 5.84. The van der Waals surface area contributed by atoms with Gasteiger partial charge in [0, 0.05) is 18.5 Å². The number of aryl methyl sites for hydroxylation is 3. The number of benzene rings is 2. The van der Waals surface area contributed by atoms with Crippen molar-refractivity contribution >= 4 is 23.2 Å². The monoisotopic (exact) mass is 359 g/mol. The summed E-state index contributed by atoms with van der Waals surface area (Å²) in [6.45, 7) is 6.70. The predicted molar refractivity (Wildman–Crippen MR) is 109 cm³/mol. The lowest BCUT2D eigenvalue weighted by Gasteiger charge is -2.01. The van der Waals surface area contributed by atoms with Gasteiger partial charge in [0.05, 0.1) is 22.3 Å². The van der Waals surface area contributed by atoms with Crippen LogP contribution in [0, 0.1) is 13.8 Å². The third-order valence-corrected chi connectivity index (χ3v) is 4.67. The van der Waals surface area contributed by atoms with Gasteiger partial charge >= 0.3 is 0 Å². The van der Waals surface area contributed by atoms with Gasteiger partial charge in [0.15, 0.2) is 0 Å². The second kappa shape index (κ2) is 6.72. The van der Waals surface area contributed by atoms with Gasteiger partial charge in [-0.15, -0.1) is 0 Å². The number of nitrogens with one attached hydrogen (secondary N) is 1. The third-order valence-electron chi connectivity index (χ3n) is 4.67. The van der Waals surface area contributed by atoms with Crippen molar-refractivity contribution in [2.75, 3.05) is 0 Å². The van der Waals surface area contributed by atoms with Gasteiger partial charge in [-0.2, -0.15) is 0 Å². The van der Waals surface area contributed by atoms with Gasteiger partial charge in [-0.05, 0) is 45.0 Å². The molecule has 0 aliphatic rings. The molecule has 0 saturated carbocycles. The Morgan fingerprint density at radius 1 is 1.11 bits per heavy atom. The van der Waals surface area contributed by atoms with Crippen molar-refractivity contribution in [3.8, 4) is 5.69 Å². The number of fused-ring (bicyclic) bond motifs is 1. The molecule has 2 aromatic heterocycles. The smallest absolute Gasteiger partial charge is 0.280 e. The van der Waals surface area contributed by atoms with Crippen LogP contribution in [0.25, 0.3) is 16.7 Å². The first-order chi connectivity index (χ1) is 13.1. The van der Waals surface area contributed by atoms with Crippen LogP contribution < -0.4 is 5.56 Å². The van der Waals surface area contributed by atoms with Crippen molar-refractivity contribution in [3.63, 3.8) is 0 Å². The number of hydrogen-bond donors (Lipinski definition) is 1. The van der Waals surface area contributed by atoms with E-state index in [1.165, 1.54) is 0 Å². The Morgan fingerprint density at radius 3 is 2.59 bits per heavy atom. The fourth-order valence-electron chi connectivity index (χ4n) is 3.18. The van der Waals surface area contributed by atoms with Crippen molar-refractivity contribution in [2.45, 2.75) is 27.3 Å². The molecule has 0 spiro atoms. The summed E-state index contributed by atoms with van der Waals surface area (Å²) in [5.74, 6) is 0.598. The molecule has 0 amide bonds. The molecule has 4 aromatic rings. The number of aliphatic imine (C=N–C) groups is 1. The predicted octanol–water partition coefficient (Wildman–Crippen LogP) is 3.90. The summed E-state index contributed by atoms with van der Waals surface area (Å²) in [5.41, 5.74) is 5.06. The first-order valence-electron chi connectivity index (χ1n) is 8.96. The summed E-state index contributed by atoms with van der Waals surface area (Å²) in [5, 5.41) is 3.13. The first-order valence-corrected chi connectivity index (χ1v) is 8.96. The highest BCUT2D eigenvalue weighted by atomic mass is 16.1. The number of H-pyrrole nitrogens is 1. The fourth-order valence-corrected chi connectivity index (χ4v) is 3.18. The molecule has 27 heavy (non-hydrogen) atoms. The van der Waals surface area contributed by atoms with E-state index in [0.717, 1.165) is 34.5 Å². The molecule has 0 saturated heterocycles. The molecule has 0 fully saturated rings. The van der Waals surface area contributed by atoms with E-state index in [4.69, 9.17) is 0 Å². The zero-order chi connectivity index (χ0) is 19.0. The lowest BCUT2D eigenvalue weighted by molar-refractivity contribution is 0.790. The minimum absolute atomic E-state index is 0.126. The van der Waals surface area contributed by atoms with Gasteiger partial charge in [-0.25, -0.2) is 14.7 Å². The maximum absolute atomic E-state index is 12.8. The SMILES string of the molecule is CCn1c(/N=C/c2c(C)[nH]n(-c3ccc(C)cc3)c2=O)nc2ccccc21. The van der Waals surface area contributed by atoms with E-state index in [-0.39, 0.29) is 5.56 Å². The van der Waals surface area contributed by atoms with Crippen molar-refractivity contribution in [1.82, 2.24) is 19.3 Å². The van der Waals surface area contributed by atoms with Gasteiger partial charge in [0.2, 0.25) is 5.95 Å². The van der Waals surface area contributed by atoms with Gasteiger partial charge < -0.3 is 4.57 Å². The molecule has 2 heterocycles. The zero-order valence-corrected chi connectivity index (χ0v) is 15.6. The van der Waals surface area contributed by atoms with Gasteiger partial charge in [-0.3, -0.25) is 9.89 Å². The van der Waals surface area contributed by atoms with E-state index in [9.17, 15) is 4.79 Å². The Morgan fingerprint density at radius 2 is 1.85 bits per heavy atom. The highest BCUT2D eigenvalue weighted by Gasteiger charge is 2.12. The Kier molecular flexibility index (Phi) is 4.24. The van der Waals surface area contributed by atoms with Crippen molar-refractivity contribution in [1.29, 1.82) is 0 Å². The largest absolute Gasteiger partial charge is 0.309 e. The number of imidazole rings is 1. The van der Waals surface area contributed by atoms with E-state index in [1.807, 2.05) is 66.9 Å². The van der Waals surface area contributed by atoms with Crippen LogP contribution in [-0.4, -0.2) is 25.5 Å². The van der Waals surface area contributed by atoms with Crippen LogP contribution >= 0.6 is 0 Å². The molecule has 6 heteroatoms. The summed E-state index contributed by atoms with van der Waals surface area (Å²) >= 11 is 0. The van der Waals surface area contributed by atoms with E-state index in [0.29, 0.717) is 11.5 Å². The molecule has 0 unspecified atom stereocenters. The number of aromatic amines is 1. The Labute approximate surface area is 156 Å². The summed E-state index contributed by atoms with van der Waals surface area (Å²) in [6.07, 6.45) is 1.60. The van der Waals surface area contributed by atoms with Crippen LogP contribution in [0.5, 0.6) is 0 Å². The molecule has 0 bridgehead atoms. The minimum Gasteiger partial charge on any atom is -0.309 e. The molecule has 0 aliphatic heterocycles. The van der Waals surface area contributed by atoms with Crippen LogP contribution in [0.3, 0.4) is 0 Å². The topological polar surface area (TPSA) is 68.0 Å². The quantitative estimate of drug-likeness (QED) is 0.562. The lowest BCUT2D eigenvalue weighted by atomic mass is 10.2. The zero-order valence-electron chi connectivity index (χ0n) is 15.6. The Balaban J connectivity index is 1.75. The summed E-state index contributed by atoms with van der Waals surface area (Å²) in [6, 6.07) is 15.7. The standard InChI is InChI=1S/C21H21N5O/c1-4-25-19-8-6-5-7-18(19)23-21(25)22-13-17-15(3)24-26(20(17)27)16-11-9-14(2)10-12-16/h5-13,24H,4H2,1-3H3/b22-13+. The normalized spacial score (nSPS) is 11.7. The number of para-hydroxylation sites is 2. The van der Waals surface area contributed by atoms with Crippen LogP contribution in [0.1, 0.15) is 23.7 Å². The lowest BCUT2D eigenvalue weighted by Crippen LogP contribution is -2.17. The molecule has 2 aromatic carbocycles. The molecular formula is C21H21N5O. The molecule has 1 N–H and O–H groups in total. The van der Waals surface area contributed by atoms with Crippen molar-refractivity contribution in [3.05, 3.63) is 75.7 Å². The number of aromatic nitrogens is 4. The third kappa shape index (κ3) is 2.99. The van der Waals surface area contributed by atoms with E-state index in [1.54, 1.807) is 10.9 Å². The molecule has 0 radical (unpaired) electrons. The fraction of sp³-hybridized carbons (Fsp3) is 0.190. The minimum atomic E-state index is -0.126. The van der Waals surface area contributed by atoms with Crippen LogP contribution in [0.4, 0.5) is 5.95 Å². The number of hydrogen-bond acceptors (Lipinski definition) is 3. The summed E-state index contributed by atoms with van der Waals surface area (Å²) in [7, 11) is 0. The maximum atomic E-state index is 12.8. The van der Waals surface area contributed by atoms with Gasteiger partial charge in [0.1, 0.15) is 0 Å². The van der Waals surface area contributed by atoms with Crippen LogP contribution in [-0.2, 0) is 6.54 Å². The average Bonchev–Trinajstić information content (AvgIpc) is 3.17. The Bertz CT molecular complexity index is 1190. The molecule has 0 aliphatic carbocycles. The average molecular weight is 359 g/mol. The maximum Gasteiger partial charge on any atom is 0.280 e. The highest BCUT2D eigenvalue weighted by Crippen LogP contribution is 2.21. The molecule has 0 atom stereocenters. The number of nitrogens with zero attached hydrogens (tertiary/aromatic N) is 4. The summed E-state index contributed by atoms with van der Waals surface area (Å²) in [4.78, 5) is 21.9.